The zero-order valence-electron chi connectivity index (χ0n) is 10.7. The Labute approximate surface area is 113 Å². The van der Waals surface area contributed by atoms with Crippen molar-refractivity contribution in [1.82, 2.24) is 5.32 Å². The zero-order valence-corrected chi connectivity index (χ0v) is 11.6. The quantitative estimate of drug-likeness (QED) is 0.829. The lowest BCUT2D eigenvalue weighted by atomic mass is 9.84. The average molecular weight is 264 g/mol. The molecule has 1 saturated carbocycles. The van der Waals surface area contributed by atoms with Gasteiger partial charge in [0.05, 0.1) is 6.54 Å². The van der Waals surface area contributed by atoms with Gasteiger partial charge in [-0.2, -0.15) is 11.8 Å². The third-order valence-electron chi connectivity index (χ3n) is 3.53. The van der Waals surface area contributed by atoms with E-state index in [4.69, 9.17) is 0 Å². The van der Waals surface area contributed by atoms with Gasteiger partial charge in [-0.3, -0.25) is 4.79 Å². The summed E-state index contributed by atoms with van der Waals surface area (Å²) in [7, 11) is 0. The van der Waals surface area contributed by atoms with E-state index in [-0.39, 0.29) is 5.91 Å². The number of thioether (sulfide) groups is 1. The van der Waals surface area contributed by atoms with Gasteiger partial charge in [-0.1, -0.05) is 24.6 Å². The third-order valence-corrected chi connectivity index (χ3v) is 4.95. The van der Waals surface area contributed by atoms with Crippen LogP contribution >= 0.6 is 11.8 Å². The topological polar surface area (TPSA) is 41.1 Å². The maximum absolute atomic E-state index is 11.7. The maximum atomic E-state index is 11.7. The molecule has 3 nitrogen and oxygen atoms in total. The van der Waals surface area contributed by atoms with Crippen LogP contribution in [0, 0.1) is 0 Å². The highest BCUT2D eigenvalue weighted by Gasteiger charge is 2.36. The summed E-state index contributed by atoms with van der Waals surface area (Å²) in [6, 6.07) is 9.80. The van der Waals surface area contributed by atoms with E-state index >= 15 is 0 Å². The monoisotopic (exact) mass is 264 g/mol. The van der Waals surface area contributed by atoms with Gasteiger partial charge >= 0.3 is 0 Å². The fourth-order valence-corrected chi connectivity index (χ4v) is 3.00. The van der Waals surface area contributed by atoms with Gasteiger partial charge < -0.3 is 10.6 Å². The molecule has 0 heterocycles. The summed E-state index contributed by atoms with van der Waals surface area (Å²) in [6.45, 7) is 1.14. The van der Waals surface area contributed by atoms with Gasteiger partial charge in [0.1, 0.15) is 0 Å². The first kappa shape index (κ1) is 13.3. The number of carbonyl (C=O) groups excluding carboxylic acids is 1. The molecular formula is C14H20N2OS. The Morgan fingerprint density at radius 2 is 2.06 bits per heavy atom. The van der Waals surface area contributed by atoms with Crippen LogP contribution in [-0.4, -0.2) is 30.0 Å². The zero-order chi connectivity index (χ0) is 12.8. The van der Waals surface area contributed by atoms with Gasteiger partial charge in [-0.05, 0) is 31.2 Å². The van der Waals surface area contributed by atoms with Crippen molar-refractivity contribution in [2.75, 3.05) is 24.7 Å². The van der Waals surface area contributed by atoms with Crippen molar-refractivity contribution < 1.29 is 4.79 Å². The van der Waals surface area contributed by atoms with Crippen LogP contribution in [0.2, 0.25) is 0 Å². The number of carbonyl (C=O) groups is 1. The van der Waals surface area contributed by atoms with Crippen LogP contribution in [-0.2, 0) is 4.79 Å². The number of anilines is 1. The summed E-state index contributed by atoms with van der Waals surface area (Å²) in [5, 5.41) is 6.14. The van der Waals surface area contributed by atoms with Gasteiger partial charge in [0.2, 0.25) is 5.91 Å². The number of hydrogen-bond donors (Lipinski definition) is 2. The highest BCUT2D eigenvalue weighted by molar-refractivity contribution is 8.00. The smallest absolute Gasteiger partial charge is 0.239 e. The number of rotatable bonds is 6. The molecule has 2 N–H and O–H groups in total. The second-order valence-corrected chi connectivity index (χ2v) is 6.01. The largest absolute Gasteiger partial charge is 0.376 e. The van der Waals surface area contributed by atoms with E-state index in [1.165, 1.54) is 19.3 Å². The van der Waals surface area contributed by atoms with Gasteiger partial charge in [-0.15, -0.1) is 0 Å². The minimum Gasteiger partial charge on any atom is -0.376 e. The lowest BCUT2D eigenvalue weighted by molar-refractivity contribution is -0.119. The standard InChI is InChI=1S/C14H20N2OS/c1-18-14(8-5-9-14)11-16-13(17)10-15-12-6-3-2-4-7-12/h2-4,6-7,15H,5,8-11H2,1H3,(H,16,17). The predicted octanol–water partition coefficient (Wildman–Crippen LogP) is 2.50. The normalized spacial score (nSPS) is 16.7. The molecule has 1 aliphatic rings. The Kier molecular flexibility index (Phi) is 4.53. The predicted molar refractivity (Wildman–Crippen MR) is 78.0 cm³/mol. The van der Waals surface area contributed by atoms with E-state index in [0.29, 0.717) is 11.3 Å². The molecule has 1 aliphatic carbocycles. The number of amides is 1. The van der Waals surface area contributed by atoms with Crippen molar-refractivity contribution >= 4 is 23.4 Å². The fraction of sp³-hybridized carbons (Fsp3) is 0.500. The first-order chi connectivity index (χ1) is 8.74. The lowest BCUT2D eigenvalue weighted by Crippen LogP contribution is -2.46. The minimum atomic E-state index is 0.0687. The van der Waals surface area contributed by atoms with Crippen LogP contribution in [0.15, 0.2) is 30.3 Å². The second kappa shape index (κ2) is 6.14. The first-order valence-electron chi connectivity index (χ1n) is 6.35. The summed E-state index contributed by atoms with van der Waals surface area (Å²) in [5.74, 6) is 0.0687. The van der Waals surface area contributed by atoms with Crippen molar-refractivity contribution in [3.63, 3.8) is 0 Å². The first-order valence-corrected chi connectivity index (χ1v) is 7.57. The molecule has 18 heavy (non-hydrogen) atoms. The Hall–Kier alpha value is -1.16. The molecule has 98 valence electrons. The summed E-state index contributed by atoms with van der Waals surface area (Å²) in [5.41, 5.74) is 0.982. The van der Waals surface area contributed by atoms with E-state index < -0.39 is 0 Å². The lowest BCUT2D eigenvalue weighted by Gasteiger charge is -2.40. The molecule has 0 unspecified atom stereocenters. The van der Waals surface area contributed by atoms with Gasteiger partial charge in [0, 0.05) is 17.0 Å². The van der Waals surface area contributed by atoms with Gasteiger partial charge in [-0.25, -0.2) is 0 Å². The van der Waals surface area contributed by atoms with E-state index in [1.54, 1.807) is 0 Å². The van der Waals surface area contributed by atoms with Crippen LogP contribution in [0.4, 0.5) is 5.69 Å². The molecule has 0 bridgehead atoms. The van der Waals surface area contributed by atoms with Crippen LogP contribution in [0.1, 0.15) is 19.3 Å². The number of benzene rings is 1. The van der Waals surface area contributed by atoms with Crippen molar-refractivity contribution in [3.8, 4) is 0 Å². The molecule has 0 aromatic heterocycles. The summed E-state index contributed by atoms with van der Waals surface area (Å²) >= 11 is 1.88. The van der Waals surface area contributed by atoms with Gasteiger partial charge in [0.25, 0.3) is 0 Å². The molecule has 1 fully saturated rings. The van der Waals surface area contributed by atoms with Crippen molar-refractivity contribution in [1.29, 1.82) is 0 Å². The molecule has 0 aliphatic heterocycles. The van der Waals surface area contributed by atoms with Crippen LogP contribution in [0.5, 0.6) is 0 Å². The Bertz CT molecular complexity index is 385. The Morgan fingerprint density at radius 3 is 2.61 bits per heavy atom. The summed E-state index contributed by atoms with van der Waals surface area (Å²) in [6.07, 6.45) is 5.87. The fourth-order valence-electron chi connectivity index (χ4n) is 2.08. The highest BCUT2D eigenvalue weighted by atomic mass is 32.2. The maximum Gasteiger partial charge on any atom is 0.239 e. The molecule has 0 saturated heterocycles. The molecule has 1 aromatic carbocycles. The minimum absolute atomic E-state index is 0.0687. The van der Waals surface area contributed by atoms with E-state index in [2.05, 4.69) is 16.9 Å². The molecule has 0 atom stereocenters. The van der Waals surface area contributed by atoms with Crippen LogP contribution in [0.25, 0.3) is 0 Å². The number of para-hydroxylation sites is 1. The second-order valence-electron chi connectivity index (χ2n) is 4.74. The van der Waals surface area contributed by atoms with E-state index in [1.807, 2.05) is 42.1 Å². The molecular weight excluding hydrogens is 244 g/mol. The van der Waals surface area contributed by atoms with Crippen LogP contribution in [0.3, 0.4) is 0 Å². The van der Waals surface area contributed by atoms with Crippen molar-refractivity contribution in [3.05, 3.63) is 30.3 Å². The average Bonchev–Trinajstić information content (AvgIpc) is 2.37. The molecule has 0 spiro atoms. The molecule has 4 heteroatoms. The molecule has 0 radical (unpaired) electrons. The SMILES string of the molecule is CSC1(CNC(=O)CNc2ccccc2)CCC1. The van der Waals surface area contributed by atoms with E-state index in [9.17, 15) is 4.79 Å². The third kappa shape index (κ3) is 3.42. The van der Waals surface area contributed by atoms with Crippen LogP contribution < -0.4 is 10.6 Å². The number of nitrogens with one attached hydrogen (secondary N) is 2. The molecule has 1 aromatic rings. The van der Waals surface area contributed by atoms with Crippen molar-refractivity contribution in [2.24, 2.45) is 0 Å². The van der Waals surface area contributed by atoms with Gasteiger partial charge in [0.15, 0.2) is 0 Å². The Morgan fingerprint density at radius 1 is 1.33 bits per heavy atom. The molecule has 2 rings (SSSR count). The van der Waals surface area contributed by atoms with Crippen molar-refractivity contribution in [2.45, 2.75) is 24.0 Å². The summed E-state index contributed by atoms with van der Waals surface area (Å²) in [4.78, 5) is 11.7. The molecule has 1 amide bonds. The summed E-state index contributed by atoms with van der Waals surface area (Å²) < 4.78 is 0.308. The Balaban J connectivity index is 1.69. The van der Waals surface area contributed by atoms with E-state index in [0.717, 1.165) is 12.2 Å². The number of hydrogen-bond acceptors (Lipinski definition) is 3. The highest BCUT2D eigenvalue weighted by Crippen LogP contribution is 2.42.